The van der Waals surface area contributed by atoms with Gasteiger partial charge >= 0.3 is 5.97 Å². The van der Waals surface area contributed by atoms with E-state index in [4.69, 9.17) is 33.0 Å². The summed E-state index contributed by atoms with van der Waals surface area (Å²) in [4.78, 5) is 10.8. The molecule has 0 aromatic heterocycles. The summed E-state index contributed by atoms with van der Waals surface area (Å²) in [6.45, 7) is 0.600. The molecule has 0 amide bonds. The van der Waals surface area contributed by atoms with Crippen molar-refractivity contribution < 1.29 is 23.1 Å². The third-order valence-electron chi connectivity index (χ3n) is 3.10. The highest BCUT2D eigenvalue weighted by molar-refractivity contribution is 7.92. The summed E-state index contributed by atoms with van der Waals surface area (Å²) in [6, 6.07) is 2.31. The van der Waals surface area contributed by atoms with Crippen molar-refractivity contribution in [3.8, 4) is 0 Å². The maximum atomic E-state index is 12.5. The van der Waals surface area contributed by atoms with Gasteiger partial charge in [0.15, 0.2) is 9.84 Å². The van der Waals surface area contributed by atoms with Crippen LogP contribution in [-0.2, 0) is 14.6 Å². The van der Waals surface area contributed by atoms with Gasteiger partial charge in [0.1, 0.15) is 0 Å². The van der Waals surface area contributed by atoms with Gasteiger partial charge in [0.2, 0.25) is 0 Å². The van der Waals surface area contributed by atoms with Crippen molar-refractivity contribution in [2.45, 2.75) is 23.0 Å². The Bertz CT molecular complexity index is 635. The van der Waals surface area contributed by atoms with Gasteiger partial charge in [0, 0.05) is 11.6 Å². The number of benzene rings is 1. The Labute approximate surface area is 126 Å². The molecular formula is C12H12Cl2O5S. The van der Waals surface area contributed by atoms with Gasteiger partial charge in [-0.3, -0.25) is 0 Å². The number of ether oxygens (including phenoxy) is 1. The van der Waals surface area contributed by atoms with Crippen LogP contribution in [0.1, 0.15) is 23.2 Å². The minimum absolute atomic E-state index is 0.0158. The predicted molar refractivity (Wildman–Crippen MR) is 74.4 cm³/mol. The van der Waals surface area contributed by atoms with Crippen LogP contribution in [0.4, 0.5) is 0 Å². The molecule has 1 fully saturated rings. The molecule has 1 aliphatic heterocycles. The quantitative estimate of drug-likeness (QED) is 0.916. The Morgan fingerprint density at radius 3 is 2.60 bits per heavy atom. The van der Waals surface area contributed by atoms with E-state index in [1.165, 1.54) is 6.07 Å². The summed E-state index contributed by atoms with van der Waals surface area (Å²) < 4.78 is 30.2. The van der Waals surface area contributed by atoms with Gasteiger partial charge in [0.25, 0.3) is 0 Å². The summed E-state index contributed by atoms with van der Waals surface area (Å²) in [5.41, 5.74) is -0.325. The van der Waals surface area contributed by atoms with Crippen LogP contribution < -0.4 is 0 Å². The molecule has 1 aliphatic rings. The molecule has 1 aromatic rings. The zero-order chi connectivity index (χ0) is 14.9. The monoisotopic (exact) mass is 338 g/mol. The number of aromatic carboxylic acids is 1. The van der Waals surface area contributed by atoms with E-state index in [0.29, 0.717) is 19.4 Å². The van der Waals surface area contributed by atoms with Crippen LogP contribution in [-0.4, -0.2) is 38.0 Å². The molecular weight excluding hydrogens is 327 g/mol. The molecule has 8 heteroatoms. The maximum Gasteiger partial charge on any atom is 0.337 e. The number of rotatable bonds is 3. The summed E-state index contributed by atoms with van der Waals surface area (Å²) in [7, 11) is -3.78. The number of halogens is 2. The molecule has 0 aliphatic carbocycles. The van der Waals surface area contributed by atoms with Gasteiger partial charge in [-0.25, -0.2) is 13.2 Å². The molecule has 1 atom stereocenters. The first-order valence-electron chi connectivity index (χ1n) is 5.88. The lowest BCUT2D eigenvalue weighted by Gasteiger charge is -2.23. The number of carboxylic acid groups (broad SMARTS) is 1. The summed E-state index contributed by atoms with van der Waals surface area (Å²) in [6.07, 6.45) is 1.08. The smallest absolute Gasteiger partial charge is 0.337 e. The highest BCUT2D eigenvalue weighted by Gasteiger charge is 2.33. The van der Waals surface area contributed by atoms with E-state index in [1.54, 1.807) is 0 Å². The van der Waals surface area contributed by atoms with Gasteiger partial charge in [-0.15, -0.1) is 0 Å². The lowest BCUT2D eigenvalue weighted by Crippen LogP contribution is -2.31. The standard InChI is InChI=1S/C12H12Cl2O5S/c13-7-4-9(12(15)16)11(14)10(5-7)20(17,18)8-2-1-3-19-6-8/h4-5,8H,1-3,6H2,(H,15,16). The van der Waals surface area contributed by atoms with E-state index in [9.17, 15) is 13.2 Å². The van der Waals surface area contributed by atoms with Crippen molar-refractivity contribution in [3.63, 3.8) is 0 Å². The Hall–Kier alpha value is -0.820. The predicted octanol–water partition coefficient (Wildman–Crippen LogP) is 2.64. The molecule has 1 N–H and O–H groups in total. The average molecular weight is 339 g/mol. The second-order valence-electron chi connectivity index (χ2n) is 4.45. The van der Waals surface area contributed by atoms with Crippen LogP contribution in [0.5, 0.6) is 0 Å². The molecule has 1 saturated heterocycles. The number of sulfone groups is 1. The molecule has 0 radical (unpaired) electrons. The average Bonchev–Trinajstić information content (AvgIpc) is 2.41. The molecule has 5 nitrogen and oxygen atoms in total. The number of carbonyl (C=O) groups is 1. The van der Waals surface area contributed by atoms with Gasteiger partial charge in [-0.05, 0) is 25.0 Å². The molecule has 2 rings (SSSR count). The lowest BCUT2D eigenvalue weighted by atomic mass is 10.2. The van der Waals surface area contributed by atoms with Crippen LogP contribution in [0.3, 0.4) is 0 Å². The SMILES string of the molecule is O=C(O)c1cc(Cl)cc(S(=O)(=O)C2CCCOC2)c1Cl. The Morgan fingerprint density at radius 1 is 1.35 bits per heavy atom. The van der Waals surface area contributed by atoms with E-state index in [2.05, 4.69) is 0 Å². The molecule has 1 aromatic carbocycles. The first-order valence-corrected chi connectivity index (χ1v) is 8.18. The van der Waals surface area contributed by atoms with Crippen LogP contribution in [0.25, 0.3) is 0 Å². The Kier molecular flexibility index (Phi) is 4.59. The lowest BCUT2D eigenvalue weighted by molar-refractivity contribution is 0.0697. The van der Waals surface area contributed by atoms with Crippen molar-refractivity contribution in [3.05, 3.63) is 27.7 Å². The van der Waals surface area contributed by atoms with Crippen molar-refractivity contribution in [2.75, 3.05) is 13.2 Å². The fourth-order valence-electron chi connectivity index (χ4n) is 2.06. The van der Waals surface area contributed by atoms with Gasteiger partial charge in [0.05, 0.1) is 27.3 Å². The maximum absolute atomic E-state index is 12.5. The third-order valence-corrected chi connectivity index (χ3v) is 6.02. The molecule has 0 spiro atoms. The van der Waals surface area contributed by atoms with Crippen molar-refractivity contribution in [1.29, 1.82) is 0 Å². The fourth-order valence-corrected chi connectivity index (χ4v) is 4.62. The van der Waals surface area contributed by atoms with Crippen molar-refractivity contribution in [1.82, 2.24) is 0 Å². The number of carboxylic acids is 1. The van der Waals surface area contributed by atoms with E-state index in [0.717, 1.165) is 6.07 Å². The molecule has 0 bridgehead atoms. The van der Waals surface area contributed by atoms with E-state index >= 15 is 0 Å². The van der Waals surface area contributed by atoms with Crippen LogP contribution in [0.2, 0.25) is 10.0 Å². The van der Waals surface area contributed by atoms with E-state index in [-0.39, 0.29) is 27.1 Å². The normalized spacial score (nSPS) is 19.8. The Balaban J connectivity index is 2.53. The third kappa shape index (κ3) is 2.93. The number of hydrogen-bond acceptors (Lipinski definition) is 4. The second-order valence-corrected chi connectivity index (χ2v) is 7.47. The largest absolute Gasteiger partial charge is 0.478 e. The van der Waals surface area contributed by atoms with Crippen LogP contribution in [0.15, 0.2) is 17.0 Å². The second kappa shape index (κ2) is 5.89. The van der Waals surface area contributed by atoms with Crippen molar-refractivity contribution in [2.24, 2.45) is 0 Å². The van der Waals surface area contributed by atoms with E-state index in [1.807, 2.05) is 0 Å². The van der Waals surface area contributed by atoms with Crippen LogP contribution in [0, 0.1) is 0 Å². The zero-order valence-electron chi connectivity index (χ0n) is 10.3. The first kappa shape index (κ1) is 15.6. The van der Waals surface area contributed by atoms with Crippen molar-refractivity contribution >= 4 is 39.0 Å². The summed E-state index contributed by atoms with van der Waals surface area (Å²) in [5.74, 6) is -1.33. The van der Waals surface area contributed by atoms with Gasteiger partial charge in [-0.1, -0.05) is 23.2 Å². The molecule has 1 unspecified atom stereocenters. The highest BCUT2D eigenvalue weighted by atomic mass is 35.5. The van der Waals surface area contributed by atoms with Crippen LogP contribution >= 0.6 is 23.2 Å². The minimum atomic E-state index is -3.78. The van der Waals surface area contributed by atoms with E-state index < -0.39 is 21.1 Å². The molecule has 1 heterocycles. The summed E-state index contributed by atoms with van der Waals surface area (Å²) in [5, 5.41) is 8.00. The fraction of sp³-hybridized carbons (Fsp3) is 0.417. The Morgan fingerprint density at radius 2 is 2.05 bits per heavy atom. The summed E-state index contributed by atoms with van der Waals surface area (Å²) >= 11 is 11.7. The minimum Gasteiger partial charge on any atom is -0.478 e. The first-order chi connectivity index (χ1) is 9.34. The molecule has 20 heavy (non-hydrogen) atoms. The van der Waals surface area contributed by atoms with Gasteiger partial charge < -0.3 is 9.84 Å². The molecule has 0 saturated carbocycles. The zero-order valence-corrected chi connectivity index (χ0v) is 12.6. The topological polar surface area (TPSA) is 80.7 Å². The van der Waals surface area contributed by atoms with Gasteiger partial charge in [-0.2, -0.15) is 0 Å². The highest BCUT2D eigenvalue weighted by Crippen LogP contribution is 2.33. The molecule has 110 valence electrons. The number of hydrogen-bond donors (Lipinski definition) is 1.